The number of H-pyrrole nitrogens is 2. The summed E-state index contributed by atoms with van der Waals surface area (Å²) in [6.07, 6.45) is 5.39. The first-order chi connectivity index (χ1) is 12.4. The van der Waals surface area contributed by atoms with Gasteiger partial charge in [-0.3, -0.25) is 4.79 Å². The van der Waals surface area contributed by atoms with Gasteiger partial charge < -0.3 is 15.1 Å². The fourth-order valence-corrected chi connectivity index (χ4v) is 5.70. The summed E-state index contributed by atoms with van der Waals surface area (Å²) in [5, 5.41) is 9.64. The van der Waals surface area contributed by atoms with Gasteiger partial charge in [0.25, 0.3) is 5.56 Å². The molecule has 0 unspecified atom stereocenters. The van der Waals surface area contributed by atoms with Gasteiger partial charge in [-0.25, -0.2) is 13.2 Å². The number of hydrogen-bond acceptors (Lipinski definition) is 4. The predicted molar refractivity (Wildman–Crippen MR) is 97.4 cm³/mol. The molecule has 0 aliphatic heterocycles. The van der Waals surface area contributed by atoms with Crippen molar-refractivity contribution in [3.63, 3.8) is 0 Å². The number of hydrogen-bond donors (Lipinski definition) is 3. The highest BCUT2D eigenvalue weighted by molar-refractivity contribution is 7.92. The molecule has 26 heavy (non-hydrogen) atoms. The molecule has 7 nitrogen and oxygen atoms in total. The van der Waals surface area contributed by atoms with Gasteiger partial charge >= 0.3 is 5.97 Å². The van der Waals surface area contributed by atoms with E-state index in [9.17, 15) is 23.1 Å². The first-order valence-corrected chi connectivity index (χ1v) is 10.1. The molecule has 1 aliphatic carbocycles. The summed E-state index contributed by atoms with van der Waals surface area (Å²) >= 11 is 0. The maximum Gasteiger partial charge on any atom is 0.337 e. The van der Waals surface area contributed by atoms with Crippen molar-refractivity contribution in [2.45, 2.75) is 42.2 Å². The molecule has 136 valence electrons. The van der Waals surface area contributed by atoms with Gasteiger partial charge in [0.15, 0.2) is 9.84 Å². The van der Waals surface area contributed by atoms with E-state index >= 15 is 0 Å². The predicted octanol–water partition coefficient (Wildman–Crippen LogP) is 2.81. The van der Waals surface area contributed by atoms with Crippen LogP contribution in [0.5, 0.6) is 0 Å². The minimum atomic E-state index is -3.50. The van der Waals surface area contributed by atoms with E-state index < -0.39 is 26.6 Å². The summed E-state index contributed by atoms with van der Waals surface area (Å²) < 4.78 is 26.0. The van der Waals surface area contributed by atoms with E-state index in [1.54, 1.807) is 0 Å². The molecular weight excluding hydrogens is 356 g/mol. The van der Waals surface area contributed by atoms with Crippen molar-refractivity contribution in [1.29, 1.82) is 0 Å². The zero-order valence-corrected chi connectivity index (χ0v) is 14.7. The van der Waals surface area contributed by atoms with Crippen LogP contribution in [0.25, 0.3) is 21.8 Å². The standard InChI is InChI=1S/C18H18N2O5S/c21-17-16-15(13(9-19-16)18(22)23)12-8-11(6-7-14(12)20-17)26(24,25)10-4-2-1-3-5-10/h6-10,19H,1-5H2,(H,20,21)(H,22,23). The molecule has 0 radical (unpaired) electrons. The van der Waals surface area contributed by atoms with E-state index in [1.165, 1.54) is 24.4 Å². The summed E-state index contributed by atoms with van der Waals surface area (Å²) in [4.78, 5) is 29.2. The van der Waals surface area contributed by atoms with Gasteiger partial charge in [-0.05, 0) is 31.0 Å². The van der Waals surface area contributed by atoms with Gasteiger partial charge in [-0.2, -0.15) is 0 Å². The number of aromatic carboxylic acids is 1. The molecule has 8 heteroatoms. The third-order valence-electron chi connectivity index (χ3n) is 5.17. The van der Waals surface area contributed by atoms with E-state index in [0.717, 1.165) is 19.3 Å². The third-order valence-corrected chi connectivity index (χ3v) is 7.43. The molecule has 2 aromatic heterocycles. The average molecular weight is 374 g/mol. The zero-order chi connectivity index (χ0) is 18.5. The van der Waals surface area contributed by atoms with Crippen molar-refractivity contribution in [3.05, 3.63) is 40.3 Å². The van der Waals surface area contributed by atoms with E-state index in [2.05, 4.69) is 9.97 Å². The van der Waals surface area contributed by atoms with E-state index in [0.29, 0.717) is 23.7 Å². The molecular formula is C18H18N2O5S. The van der Waals surface area contributed by atoms with Crippen molar-refractivity contribution < 1.29 is 18.3 Å². The second-order valence-corrected chi connectivity index (χ2v) is 8.95. The summed E-state index contributed by atoms with van der Waals surface area (Å²) in [5.41, 5.74) is 0.0421. The first kappa shape index (κ1) is 16.8. The van der Waals surface area contributed by atoms with Gasteiger partial charge in [0.2, 0.25) is 0 Å². The monoisotopic (exact) mass is 374 g/mol. The molecule has 0 amide bonds. The Morgan fingerprint density at radius 3 is 2.58 bits per heavy atom. The minimum absolute atomic E-state index is 0.0525. The molecule has 1 saturated carbocycles. The van der Waals surface area contributed by atoms with Crippen LogP contribution < -0.4 is 5.56 Å². The van der Waals surface area contributed by atoms with Gasteiger partial charge in [-0.15, -0.1) is 0 Å². The molecule has 1 aliphatic rings. The van der Waals surface area contributed by atoms with Crippen LogP contribution in [0.15, 0.2) is 34.1 Å². The first-order valence-electron chi connectivity index (χ1n) is 8.54. The molecule has 0 saturated heterocycles. The van der Waals surface area contributed by atoms with E-state index in [-0.39, 0.29) is 21.4 Å². The van der Waals surface area contributed by atoms with E-state index in [1.807, 2.05) is 0 Å². The topological polar surface area (TPSA) is 120 Å². The van der Waals surface area contributed by atoms with Crippen LogP contribution in [0.4, 0.5) is 0 Å². The Kier molecular flexibility index (Phi) is 3.87. The van der Waals surface area contributed by atoms with E-state index in [4.69, 9.17) is 0 Å². The van der Waals surface area contributed by atoms with Crippen molar-refractivity contribution in [1.82, 2.24) is 9.97 Å². The number of rotatable bonds is 3. The number of benzene rings is 1. The molecule has 3 aromatic rings. The molecule has 0 atom stereocenters. The lowest BCUT2D eigenvalue weighted by Crippen LogP contribution is -2.24. The average Bonchev–Trinajstić information content (AvgIpc) is 3.08. The van der Waals surface area contributed by atoms with Gasteiger partial charge in [0.1, 0.15) is 5.52 Å². The molecule has 0 bridgehead atoms. The second kappa shape index (κ2) is 5.98. The highest BCUT2D eigenvalue weighted by Crippen LogP contribution is 2.32. The maximum atomic E-state index is 13.0. The number of carbonyl (C=O) groups is 1. The summed E-state index contributed by atoms with van der Waals surface area (Å²) in [6, 6.07) is 4.50. The largest absolute Gasteiger partial charge is 0.478 e. The number of carboxylic acids is 1. The maximum absolute atomic E-state index is 13.0. The zero-order valence-electron chi connectivity index (χ0n) is 13.9. The summed E-state index contributed by atoms with van der Waals surface area (Å²) in [5.74, 6) is -1.18. The second-order valence-electron chi connectivity index (χ2n) is 6.72. The Hall–Kier alpha value is -2.61. The van der Waals surface area contributed by atoms with Crippen molar-refractivity contribution in [2.24, 2.45) is 0 Å². The van der Waals surface area contributed by atoms with Crippen molar-refractivity contribution in [2.75, 3.05) is 0 Å². The minimum Gasteiger partial charge on any atom is -0.478 e. The van der Waals surface area contributed by atoms with Crippen LogP contribution in [0.3, 0.4) is 0 Å². The third kappa shape index (κ3) is 2.52. The van der Waals surface area contributed by atoms with Gasteiger partial charge in [-0.1, -0.05) is 19.3 Å². The molecule has 0 spiro atoms. The van der Waals surface area contributed by atoms with Gasteiger partial charge in [0.05, 0.1) is 15.7 Å². The lowest BCUT2D eigenvalue weighted by molar-refractivity contribution is 0.0699. The highest BCUT2D eigenvalue weighted by Gasteiger charge is 2.29. The normalized spacial score (nSPS) is 16.3. The fourth-order valence-electron chi connectivity index (χ4n) is 3.82. The Labute approximate surface area is 149 Å². The molecule has 1 aromatic carbocycles. The smallest absolute Gasteiger partial charge is 0.337 e. The van der Waals surface area contributed by atoms with Crippen molar-refractivity contribution in [3.8, 4) is 0 Å². The van der Waals surface area contributed by atoms with Crippen LogP contribution in [0, 0.1) is 0 Å². The van der Waals surface area contributed by atoms with Crippen LogP contribution in [0.1, 0.15) is 42.5 Å². The SMILES string of the molecule is O=C(O)c1c[nH]c2c(=O)[nH]c3ccc(S(=O)(=O)C4CCCCC4)cc3c12. The number of nitrogens with one attached hydrogen (secondary N) is 2. The molecule has 1 fully saturated rings. The molecule has 3 N–H and O–H groups in total. The molecule has 2 heterocycles. The Morgan fingerprint density at radius 2 is 1.88 bits per heavy atom. The van der Waals surface area contributed by atoms with Crippen LogP contribution in [0.2, 0.25) is 0 Å². The van der Waals surface area contributed by atoms with Crippen molar-refractivity contribution >= 4 is 37.6 Å². The Morgan fingerprint density at radius 1 is 1.15 bits per heavy atom. The van der Waals surface area contributed by atoms with Crippen LogP contribution in [-0.4, -0.2) is 34.7 Å². The summed E-state index contributed by atoms with van der Waals surface area (Å²) in [7, 11) is -3.50. The number of aromatic nitrogens is 2. The van der Waals surface area contributed by atoms with Crippen LogP contribution in [-0.2, 0) is 9.84 Å². The van der Waals surface area contributed by atoms with Crippen LogP contribution >= 0.6 is 0 Å². The fraction of sp³-hybridized carbons (Fsp3) is 0.333. The Bertz CT molecular complexity index is 1180. The summed E-state index contributed by atoms with van der Waals surface area (Å²) in [6.45, 7) is 0. The number of pyridine rings is 1. The quantitative estimate of drug-likeness (QED) is 0.651. The lowest BCUT2D eigenvalue weighted by Gasteiger charge is -2.22. The lowest BCUT2D eigenvalue weighted by atomic mass is 10.0. The number of carboxylic acid groups (broad SMARTS) is 1. The Balaban J connectivity index is 1.98. The highest BCUT2D eigenvalue weighted by atomic mass is 32.2. The number of aromatic amines is 2. The number of fused-ring (bicyclic) bond motifs is 3. The number of sulfone groups is 1. The molecule has 4 rings (SSSR count). The van der Waals surface area contributed by atoms with Gasteiger partial charge in [0, 0.05) is 22.5 Å².